The molecule has 176 valence electrons. The number of hydrogen-bond acceptors (Lipinski definition) is 6. The third-order valence-corrected chi connectivity index (χ3v) is 6.33. The van der Waals surface area contributed by atoms with Gasteiger partial charge in [-0.05, 0) is 49.8 Å². The lowest BCUT2D eigenvalue weighted by Crippen LogP contribution is -2.30. The van der Waals surface area contributed by atoms with Crippen LogP contribution in [0.3, 0.4) is 0 Å². The summed E-state index contributed by atoms with van der Waals surface area (Å²) in [6.45, 7) is 6.17. The summed E-state index contributed by atoms with van der Waals surface area (Å²) in [6.07, 6.45) is 7.17. The fourth-order valence-electron chi connectivity index (χ4n) is 4.44. The van der Waals surface area contributed by atoms with E-state index in [2.05, 4.69) is 30.3 Å². The van der Waals surface area contributed by atoms with E-state index in [1.54, 1.807) is 0 Å². The second-order valence-electron chi connectivity index (χ2n) is 9.04. The molecule has 0 spiro atoms. The average Bonchev–Trinajstić information content (AvgIpc) is 3.43. The number of alkyl carbamates (subject to hydrolysis) is 1. The smallest absolute Gasteiger partial charge is 0.407 e. The highest BCUT2D eigenvalue weighted by Gasteiger charge is 2.24. The predicted octanol–water partition coefficient (Wildman–Crippen LogP) is 4.30. The van der Waals surface area contributed by atoms with Crippen molar-refractivity contribution in [3.05, 3.63) is 30.6 Å². The van der Waals surface area contributed by atoms with Crippen molar-refractivity contribution in [3.63, 3.8) is 0 Å². The average molecular weight is 454 g/mol. The summed E-state index contributed by atoms with van der Waals surface area (Å²) in [7, 11) is 0. The molecule has 3 aromatic rings. The molecule has 0 radical (unpaired) electrons. The van der Waals surface area contributed by atoms with Gasteiger partial charge in [-0.3, -0.25) is 4.68 Å². The molecular weight excluding hydrogens is 422 g/mol. The first-order chi connectivity index (χ1) is 16.1. The van der Waals surface area contributed by atoms with Crippen LogP contribution in [0.25, 0.3) is 22.2 Å². The first-order valence-electron chi connectivity index (χ1n) is 11.8. The molecule has 1 N–H and O–H groups in total. The number of rotatable bonds is 2. The van der Waals surface area contributed by atoms with Gasteiger partial charge in [0.1, 0.15) is 18.1 Å². The van der Waals surface area contributed by atoms with E-state index in [1.807, 2.05) is 33.9 Å². The molecule has 0 aliphatic carbocycles. The summed E-state index contributed by atoms with van der Waals surface area (Å²) in [4.78, 5) is 12.1. The van der Waals surface area contributed by atoms with Crippen molar-refractivity contribution in [1.82, 2.24) is 24.9 Å². The molecule has 2 aromatic heterocycles. The standard InChI is InChI=1S/C24H31N5O4/c1-16(2)21-15-33-24(30)25-9-5-11-31-18-7-8-20-19(12-18)23(17-13-26-28(21)14-17)27-29(20)22-6-3-4-10-32-22/h7-8,12-14,16,21-22H,3-6,9-11,15H2,1-2H3,(H,25,30). The Kier molecular flexibility index (Phi) is 6.22. The highest BCUT2D eigenvalue weighted by Crippen LogP contribution is 2.35. The lowest BCUT2D eigenvalue weighted by atomic mass is 10.1. The maximum absolute atomic E-state index is 12.1. The minimum Gasteiger partial charge on any atom is -0.494 e. The maximum atomic E-state index is 12.1. The minimum absolute atomic E-state index is 0.0696. The van der Waals surface area contributed by atoms with Gasteiger partial charge in [0.15, 0.2) is 6.23 Å². The molecule has 2 aliphatic rings. The molecule has 33 heavy (non-hydrogen) atoms. The molecule has 2 aliphatic heterocycles. The van der Waals surface area contributed by atoms with Crippen molar-refractivity contribution < 1.29 is 19.0 Å². The molecule has 1 aromatic carbocycles. The van der Waals surface area contributed by atoms with Gasteiger partial charge in [-0.1, -0.05) is 13.8 Å². The van der Waals surface area contributed by atoms with Crippen LogP contribution in [0.15, 0.2) is 30.6 Å². The van der Waals surface area contributed by atoms with Crippen LogP contribution in [0, 0.1) is 5.92 Å². The van der Waals surface area contributed by atoms with Gasteiger partial charge in [-0.2, -0.15) is 10.2 Å². The summed E-state index contributed by atoms with van der Waals surface area (Å²) in [5.74, 6) is 1.00. The zero-order valence-electron chi connectivity index (χ0n) is 19.2. The molecule has 1 fully saturated rings. The highest BCUT2D eigenvalue weighted by atomic mass is 16.5. The largest absolute Gasteiger partial charge is 0.494 e. The van der Waals surface area contributed by atoms with Crippen molar-refractivity contribution >= 4 is 17.0 Å². The number of nitrogens with one attached hydrogen (secondary N) is 1. The fraction of sp³-hybridized carbons (Fsp3) is 0.542. The number of aromatic nitrogens is 4. The SMILES string of the molecule is CC(C)C1COC(=O)NCCCOc2ccc3c(c2)c(nn3C2CCCCO2)-c2cnn1c2. The Morgan fingerprint density at radius 2 is 2.06 bits per heavy atom. The second-order valence-corrected chi connectivity index (χ2v) is 9.04. The van der Waals surface area contributed by atoms with Gasteiger partial charge in [-0.25, -0.2) is 9.48 Å². The number of amides is 1. The zero-order chi connectivity index (χ0) is 22.8. The summed E-state index contributed by atoms with van der Waals surface area (Å²) in [5, 5.41) is 13.4. The monoisotopic (exact) mass is 453 g/mol. The van der Waals surface area contributed by atoms with Crippen LogP contribution in [0.1, 0.15) is 51.8 Å². The van der Waals surface area contributed by atoms with Crippen LogP contribution in [0.2, 0.25) is 0 Å². The summed E-state index contributed by atoms with van der Waals surface area (Å²) >= 11 is 0. The normalized spacial score (nSPS) is 22.2. The van der Waals surface area contributed by atoms with Gasteiger partial charge < -0.3 is 19.5 Å². The van der Waals surface area contributed by atoms with Gasteiger partial charge >= 0.3 is 6.09 Å². The van der Waals surface area contributed by atoms with Crippen LogP contribution in [0.5, 0.6) is 5.75 Å². The van der Waals surface area contributed by atoms with E-state index in [1.165, 1.54) is 0 Å². The first-order valence-corrected chi connectivity index (χ1v) is 11.8. The maximum Gasteiger partial charge on any atom is 0.407 e. The Morgan fingerprint density at radius 1 is 1.15 bits per heavy atom. The van der Waals surface area contributed by atoms with Crippen molar-refractivity contribution in [3.8, 4) is 17.0 Å². The lowest BCUT2D eigenvalue weighted by Gasteiger charge is -2.23. The summed E-state index contributed by atoms with van der Waals surface area (Å²) in [6, 6.07) is 5.99. The van der Waals surface area contributed by atoms with E-state index in [4.69, 9.17) is 19.3 Å². The molecule has 2 unspecified atom stereocenters. The number of fused-ring (bicyclic) bond motifs is 4. The number of cyclic esters (lactones) is 1. The van der Waals surface area contributed by atoms with E-state index in [-0.39, 0.29) is 24.8 Å². The molecule has 9 heteroatoms. The Balaban J connectivity index is 1.59. The van der Waals surface area contributed by atoms with E-state index in [9.17, 15) is 4.79 Å². The van der Waals surface area contributed by atoms with Crippen LogP contribution in [-0.4, -0.2) is 52.0 Å². The van der Waals surface area contributed by atoms with Crippen LogP contribution in [-0.2, 0) is 9.47 Å². The topological polar surface area (TPSA) is 92.4 Å². The van der Waals surface area contributed by atoms with Gasteiger partial charge in [0, 0.05) is 30.3 Å². The number of hydrogen-bond donors (Lipinski definition) is 1. The van der Waals surface area contributed by atoms with Crippen molar-refractivity contribution in [1.29, 1.82) is 0 Å². The predicted molar refractivity (Wildman–Crippen MR) is 123 cm³/mol. The molecular formula is C24H31N5O4. The van der Waals surface area contributed by atoms with E-state index in [0.29, 0.717) is 19.6 Å². The van der Waals surface area contributed by atoms with Crippen molar-refractivity contribution in [2.24, 2.45) is 5.92 Å². The summed E-state index contributed by atoms with van der Waals surface area (Å²) < 4.78 is 21.4. The molecule has 9 nitrogen and oxygen atoms in total. The number of carbonyl (C=O) groups excluding carboxylic acids is 1. The van der Waals surface area contributed by atoms with Gasteiger partial charge in [0.05, 0.1) is 24.4 Å². The quantitative estimate of drug-likeness (QED) is 0.622. The zero-order valence-corrected chi connectivity index (χ0v) is 19.2. The Bertz CT molecular complexity index is 1120. The van der Waals surface area contributed by atoms with Gasteiger partial charge in [0.25, 0.3) is 0 Å². The van der Waals surface area contributed by atoms with E-state index in [0.717, 1.165) is 53.8 Å². The molecule has 0 saturated carbocycles. The molecule has 5 rings (SSSR count). The molecule has 1 amide bonds. The number of nitrogens with zero attached hydrogens (tertiary/aromatic N) is 4. The third-order valence-electron chi connectivity index (χ3n) is 6.33. The highest BCUT2D eigenvalue weighted by molar-refractivity contribution is 5.94. The van der Waals surface area contributed by atoms with Crippen LogP contribution < -0.4 is 10.1 Å². The van der Waals surface area contributed by atoms with E-state index >= 15 is 0 Å². The van der Waals surface area contributed by atoms with E-state index < -0.39 is 6.09 Å². The first kappa shape index (κ1) is 21.8. The van der Waals surface area contributed by atoms with Crippen molar-refractivity contribution in [2.75, 3.05) is 26.4 Å². The molecule has 4 heterocycles. The number of benzene rings is 1. The second kappa shape index (κ2) is 9.43. The van der Waals surface area contributed by atoms with Crippen molar-refractivity contribution in [2.45, 2.75) is 51.8 Å². The molecule has 1 saturated heterocycles. The summed E-state index contributed by atoms with van der Waals surface area (Å²) in [5.41, 5.74) is 2.78. The minimum atomic E-state index is -0.421. The number of ether oxygens (including phenoxy) is 3. The Hall–Kier alpha value is -3.07. The van der Waals surface area contributed by atoms with Crippen LogP contribution in [0.4, 0.5) is 4.79 Å². The van der Waals surface area contributed by atoms with Gasteiger partial charge in [-0.15, -0.1) is 0 Å². The number of carbonyl (C=O) groups is 1. The lowest BCUT2D eigenvalue weighted by molar-refractivity contribution is -0.0365. The Labute approximate surface area is 193 Å². The molecule has 4 bridgehead atoms. The third kappa shape index (κ3) is 4.55. The van der Waals surface area contributed by atoms with Crippen LogP contribution >= 0.6 is 0 Å². The fourth-order valence-corrected chi connectivity index (χ4v) is 4.44. The van der Waals surface area contributed by atoms with Gasteiger partial charge in [0.2, 0.25) is 0 Å². The Morgan fingerprint density at radius 3 is 2.88 bits per heavy atom. The molecule has 2 atom stereocenters.